The maximum Gasteiger partial charge on any atom is 0.109 e. The molecule has 0 heterocycles. The summed E-state index contributed by atoms with van der Waals surface area (Å²) in [6.45, 7) is -0.555. The molecule has 2 N–H and O–H groups in total. The quantitative estimate of drug-likeness (QED) is 0.730. The van der Waals surface area contributed by atoms with Crippen molar-refractivity contribution < 1.29 is 4.39 Å². The number of halogens is 2. The highest BCUT2D eigenvalue weighted by Gasteiger charge is 2.03. The predicted molar refractivity (Wildman–Crippen MR) is 44.4 cm³/mol. The van der Waals surface area contributed by atoms with Crippen molar-refractivity contribution in [3.05, 3.63) is 34.9 Å². The highest BCUT2D eigenvalue weighted by molar-refractivity contribution is 6.30. The number of hydrogen-bond acceptors (Lipinski definition) is 1. The standard InChI is InChI=1S/C8H9ClFN/c9-7-3-1-2-6(4-7)8(11)5-10/h1-4,8H,5,11H2/t8-/m0/s1. The summed E-state index contributed by atoms with van der Waals surface area (Å²) in [5.74, 6) is 0. The van der Waals surface area contributed by atoms with E-state index in [0.29, 0.717) is 5.02 Å². The van der Waals surface area contributed by atoms with Crippen LogP contribution in [0.5, 0.6) is 0 Å². The maximum absolute atomic E-state index is 12.0. The molecule has 0 saturated carbocycles. The summed E-state index contributed by atoms with van der Waals surface area (Å²) in [6, 6.07) is 6.37. The fourth-order valence-electron chi connectivity index (χ4n) is 0.826. The van der Waals surface area contributed by atoms with Gasteiger partial charge in [0, 0.05) is 5.02 Å². The second-order valence-electron chi connectivity index (χ2n) is 2.32. The summed E-state index contributed by atoms with van der Waals surface area (Å²) in [7, 11) is 0. The molecule has 0 saturated heterocycles. The Morgan fingerprint density at radius 2 is 2.27 bits per heavy atom. The van der Waals surface area contributed by atoms with Gasteiger partial charge in [-0.25, -0.2) is 4.39 Å². The van der Waals surface area contributed by atoms with E-state index in [1.54, 1.807) is 24.3 Å². The van der Waals surface area contributed by atoms with Crippen LogP contribution in [0.2, 0.25) is 5.02 Å². The molecule has 3 heteroatoms. The number of rotatable bonds is 2. The molecular weight excluding hydrogens is 165 g/mol. The number of alkyl halides is 1. The normalized spacial score (nSPS) is 13.0. The van der Waals surface area contributed by atoms with Crippen LogP contribution in [0, 0.1) is 0 Å². The third-order valence-corrected chi connectivity index (χ3v) is 1.68. The summed E-state index contributed by atoms with van der Waals surface area (Å²) in [4.78, 5) is 0. The first-order chi connectivity index (χ1) is 5.24. The zero-order valence-electron chi connectivity index (χ0n) is 5.93. The highest BCUT2D eigenvalue weighted by Crippen LogP contribution is 2.15. The Labute approximate surface area is 70.0 Å². The van der Waals surface area contributed by atoms with Crippen molar-refractivity contribution in [1.29, 1.82) is 0 Å². The second kappa shape index (κ2) is 3.69. The molecule has 0 amide bonds. The van der Waals surface area contributed by atoms with Crippen molar-refractivity contribution in [2.24, 2.45) is 5.73 Å². The van der Waals surface area contributed by atoms with Gasteiger partial charge in [-0.2, -0.15) is 0 Å². The Balaban J connectivity index is 2.86. The number of hydrogen-bond donors (Lipinski definition) is 1. The molecule has 0 aliphatic rings. The Morgan fingerprint density at radius 3 is 2.82 bits per heavy atom. The molecule has 1 aromatic carbocycles. The smallest absolute Gasteiger partial charge is 0.109 e. The van der Waals surface area contributed by atoms with E-state index in [2.05, 4.69) is 0 Å². The van der Waals surface area contributed by atoms with Gasteiger partial charge in [-0.3, -0.25) is 0 Å². The monoisotopic (exact) mass is 173 g/mol. The Bertz CT molecular complexity index is 239. The van der Waals surface area contributed by atoms with Crippen molar-refractivity contribution >= 4 is 11.6 Å². The Hall–Kier alpha value is -0.600. The third kappa shape index (κ3) is 2.17. The lowest BCUT2D eigenvalue weighted by atomic mass is 10.1. The first kappa shape index (κ1) is 8.50. The lowest BCUT2D eigenvalue weighted by Crippen LogP contribution is -2.11. The van der Waals surface area contributed by atoms with Crippen LogP contribution in [0.3, 0.4) is 0 Å². The molecule has 0 radical (unpaired) electrons. The van der Waals surface area contributed by atoms with Gasteiger partial charge >= 0.3 is 0 Å². The zero-order chi connectivity index (χ0) is 8.27. The molecule has 0 fully saturated rings. The van der Waals surface area contributed by atoms with Gasteiger partial charge in [0.05, 0.1) is 6.04 Å². The van der Waals surface area contributed by atoms with Crippen molar-refractivity contribution in [3.8, 4) is 0 Å². The van der Waals surface area contributed by atoms with Gasteiger partial charge in [0.25, 0.3) is 0 Å². The molecule has 0 spiro atoms. The fourth-order valence-corrected chi connectivity index (χ4v) is 1.03. The van der Waals surface area contributed by atoms with Gasteiger partial charge < -0.3 is 5.73 Å². The van der Waals surface area contributed by atoms with Gasteiger partial charge in [-0.1, -0.05) is 23.7 Å². The SMILES string of the molecule is N[C@@H](CF)c1cccc(Cl)c1. The molecular formula is C8H9ClFN. The zero-order valence-corrected chi connectivity index (χ0v) is 6.68. The van der Waals surface area contributed by atoms with E-state index in [9.17, 15) is 4.39 Å². The minimum Gasteiger partial charge on any atom is -0.322 e. The molecule has 0 unspecified atom stereocenters. The second-order valence-corrected chi connectivity index (χ2v) is 2.75. The van der Waals surface area contributed by atoms with Gasteiger partial charge in [-0.15, -0.1) is 0 Å². The minimum absolute atomic E-state index is 0.548. The van der Waals surface area contributed by atoms with E-state index in [1.807, 2.05) is 0 Å². The summed E-state index contributed by atoms with van der Waals surface area (Å²) >= 11 is 5.67. The average Bonchev–Trinajstić information content (AvgIpc) is 2.03. The number of benzene rings is 1. The van der Waals surface area contributed by atoms with Crippen LogP contribution in [-0.4, -0.2) is 6.67 Å². The summed E-state index contributed by atoms with van der Waals surface area (Å²) < 4.78 is 12.0. The van der Waals surface area contributed by atoms with Gasteiger partial charge in [-0.05, 0) is 17.7 Å². The van der Waals surface area contributed by atoms with E-state index in [4.69, 9.17) is 17.3 Å². The van der Waals surface area contributed by atoms with Crippen molar-refractivity contribution in [2.75, 3.05) is 6.67 Å². The Kier molecular flexibility index (Phi) is 2.85. The molecule has 1 aromatic rings. The summed E-state index contributed by atoms with van der Waals surface area (Å²) in [6.07, 6.45) is 0. The van der Waals surface area contributed by atoms with Crippen LogP contribution in [0.15, 0.2) is 24.3 Å². The highest BCUT2D eigenvalue weighted by atomic mass is 35.5. The maximum atomic E-state index is 12.0. The van der Waals surface area contributed by atoms with Crippen molar-refractivity contribution in [2.45, 2.75) is 6.04 Å². The molecule has 0 bridgehead atoms. The first-order valence-corrected chi connectivity index (χ1v) is 3.69. The summed E-state index contributed by atoms with van der Waals surface area (Å²) in [5.41, 5.74) is 6.17. The van der Waals surface area contributed by atoms with E-state index < -0.39 is 12.7 Å². The van der Waals surface area contributed by atoms with Crippen LogP contribution < -0.4 is 5.73 Å². The van der Waals surface area contributed by atoms with Crippen molar-refractivity contribution in [1.82, 2.24) is 0 Å². The topological polar surface area (TPSA) is 26.0 Å². The largest absolute Gasteiger partial charge is 0.322 e. The minimum atomic E-state index is -0.555. The Morgan fingerprint density at radius 1 is 1.55 bits per heavy atom. The lowest BCUT2D eigenvalue weighted by Gasteiger charge is -2.06. The van der Waals surface area contributed by atoms with E-state index >= 15 is 0 Å². The van der Waals surface area contributed by atoms with Crippen LogP contribution in [-0.2, 0) is 0 Å². The fraction of sp³-hybridized carbons (Fsp3) is 0.250. The third-order valence-electron chi connectivity index (χ3n) is 1.44. The molecule has 0 aliphatic carbocycles. The number of nitrogens with two attached hydrogens (primary N) is 1. The molecule has 0 aliphatic heterocycles. The van der Waals surface area contributed by atoms with Gasteiger partial charge in [0.2, 0.25) is 0 Å². The molecule has 11 heavy (non-hydrogen) atoms. The molecule has 0 aromatic heterocycles. The molecule has 1 nitrogen and oxygen atoms in total. The van der Waals surface area contributed by atoms with E-state index in [0.717, 1.165) is 5.56 Å². The van der Waals surface area contributed by atoms with Gasteiger partial charge in [0.1, 0.15) is 6.67 Å². The van der Waals surface area contributed by atoms with E-state index in [-0.39, 0.29) is 0 Å². The summed E-state index contributed by atoms with van der Waals surface area (Å²) in [5, 5.41) is 0.589. The van der Waals surface area contributed by atoms with Crippen LogP contribution in [0.4, 0.5) is 4.39 Å². The molecule has 1 atom stereocenters. The lowest BCUT2D eigenvalue weighted by molar-refractivity contribution is 0.437. The van der Waals surface area contributed by atoms with Crippen LogP contribution in [0.25, 0.3) is 0 Å². The van der Waals surface area contributed by atoms with Crippen LogP contribution >= 0.6 is 11.6 Å². The molecule has 1 rings (SSSR count). The average molecular weight is 174 g/mol. The molecule has 60 valence electrons. The van der Waals surface area contributed by atoms with E-state index in [1.165, 1.54) is 0 Å². The van der Waals surface area contributed by atoms with Crippen molar-refractivity contribution in [3.63, 3.8) is 0 Å². The van der Waals surface area contributed by atoms with Gasteiger partial charge in [0.15, 0.2) is 0 Å². The predicted octanol–water partition coefficient (Wildman–Crippen LogP) is 2.31. The van der Waals surface area contributed by atoms with Crippen LogP contribution in [0.1, 0.15) is 11.6 Å². The first-order valence-electron chi connectivity index (χ1n) is 3.31.